The van der Waals surface area contributed by atoms with Crippen molar-refractivity contribution in [2.75, 3.05) is 0 Å². The van der Waals surface area contributed by atoms with Crippen LogP contribution in [-0.4, -0.2) is 10.7 Å². The number of ketones is 1. The quantitative estimate of drug-likeness (QED) is 0.665. The summed E-state index contributed by atoms with van der Waals surface area (Å²) < 4.78 is 0. The van der Waals surface area contributed by atoms with Crippen LogP contribution in [0.4, 0.5) is 0 Å². The van der Waals surface area contributed by atoms with E-state index in [9.17, 15) is 4.79 Å². The topological polar surface area (TPSA) is 20.3 Å². The molecule has 0 bridgehead atoms. The summed E-state index contributed by atoms with van der Waals surface area (Å²) in [5.74, 6) is 0.0612. The van der Waals surface area contributed by atoms with E-state index in [1.807, 2.05) is 37.0 Å². The van der Waals surface area contributed by atoms with Crippen LogP contribution in [0.1, 0.15) is 20.8 Å². The van der Waals surface area contributed by atoms with Crippen molar-refractivity contribution in [2.45, 2.75) is 20.8 Å². The van der Waals surface area contributed by atoms with Crippen molar-refractivity contribution in [3.05, 3.63) is 48.0 Å². The van der Waals surface area contributed by atoms with Crippen LogP contribution >= 0.6 is 0 Å². The van der Waals surface area contributed by atoms with Crippen LogP contribution < -0.4 is 0 Å². The second-order valence-corrected chi connectivity index (χ2v) is 3.19. The van der Waals surface area contributed by atoms with Gasteiger partial charge in [-0.1, -0.05) is 18.7 Å². The summed E-state index contributed by atoms with van der Waals surface area (Å²) in [5, 5.41) is 0. The van der Waals surface area contributed by atoms with Crippen molar-refractivity contribution in [3.8, 4) is 0 Å². The number of Topliss-reactive ketones (excluding diaryl/α,β-unsaturated/α-hetero) is 1. The molecule has 0 aromatic carbocycles. The van der Waals surface area contributed by atoms with Crippen LogP contribution in [0.25, 0.3) is 0 Å². The van der Waals surface area contributed by atoms with Gasteiger partial charge in [0.25, 0.3) is 0 Å². The van der Waals surface area contributed by atoms with Crippen molar-refractivity contribution < 1.29 is 4.79 Å². The lowest BCUT2D eigenvalue weighted by Crippen LogP contribution is -2.23. The summed E-state index contributed by atoms with van der Waals surface area (Å²) in [7, 11) is 0. The van der Waals surface area contributed by atoms with Crippen LogP contribution in [0.5, 0.6) is 0 Å². The maximum atomic E-state index is 11.4. The van der Waals surface area contributed by atoms with E-state index in [0.29, 0.717) is 5.70 Å². The highest BCUT2D eigenvalue weighted by Crippen LogP contribution is 2.24. The monoisotopic (exact) mass is 189 g/mol. The van der Waals surface area contributed by atoms with Crippen molar-refractivity contribution >= 4 is 5.78 Å². The SMILES string of the molecule is C=CN1C(C(C)=O)=C(C)C=C/C1=C/C. The van der Waals surface area contributed by atoms with E-state index in [4.69, 9.17) is 0 Å². The smallest absolute Gasteiger partial charge is 0.176 e. The molecule has 0 aromatic heterocycles. The Bertz CT molecular complexity index is 359. The predicted octanol–water partition coefficient (Wildman–Crippen LogP) is 2.77. The van der Waals surface area contributed by atoms with Gasteiger partial charge in [0.05, 0.1) is 5.70 Å². The van der Waals surface area contributed by atoms with Gasteiger partial charge >= 0.3 is 0 Å². The first-order valence-corrected chi connectivity index (χ1v) is 4.59. The number of allylic oxidation sites excluding steroid dienone is 5. The zero-order valence-corrected chi connectivity index (χ0v) is 8.87. The Kier molecular flexibility index (Phi) is 3.07. The highest BCUT2D eigenvalue weighted by molar-refractivity contribution is 5.95. The molecule has 1 heterocycles. The first-order valence-electron chi connectivity index (χ1n) is 4.59. The van der Waals surface area contributed by atoms with E-state index in [-0.39, 0.29) is 5.78 Å². The molecule has 0 unspecified atom stereocenters. The summed E-state index contributed by atoms with van der Waals surface area (Å²) >= 11 is 0. The Morgan fingerprint density at radius 1 is 1.50 bits per heavy atom. The number of rotatable bonds is 2. The molecule has 0 aromatic rings. The van der Waals surface area contributed by atoms with E-state index in [2.05, 4.69) is 6.58 Å². The van der Waals surface area contributed by atoms with E-state index in [1.165, 1.54) is 0 Å². The van der Waals surface area contributed by atoms with E-state index in [1.54, 1.807) is 13.1 Å². The van der Waals surface area contributed by atoms with Crippen LogP contribution in [0.2, 0.25) is 0 Å². The Morgan fingerprint density at radius 3 is 2.57 bits per heavy atom. The Hall–Kier alpha value is -1.57. The summed E-state index contributed by atoms with van der Waals surface area (Å²) in [6.45, 7) is 9.15. The maximum absolute atomic E-state index is 11.4. The number of hydrogen-bond donors (Lipinski definition) is 0. The van der Waals surface area contributed by atoms with Gasteiger partial charge in [0.15, 0.2) is 5.78 Å². The Morgan fingerprint density at radius 2 is 2.14 bits per heavy atom. The first-order chi connectivity index (χ1) is 6.61. The molecule has 74 valence electrons. The molecule has 0 spiro atoms. The molecule has 0 saturated carbocycles. The second kappa shape index (κ2) is 4.09. The van der Waals surface area contributed by atoms with Crippen LogP contribution in [0.3, 0.4) is 0 Å². The third kappa shape index (κ3) is 1.69. The first kappa shape index (κ1) is 10.5. The molecule has 1 aliphatic rings. The lowest BCUT2D eigenvalue weighted by atomic mass is 10.1. The van der Waals surface area contributed by atoms with E-state index < -0.39 is 0 Å². The van der Waals surface area contributed by atoms with Gasteiger partial charge in [0.1, 0.15) is 0 Å². The molecule has 1 rings (SSSR count). The third-order valence-corrected chi connectivity index (χ3v) is 2.21. The molecule has 0 saturated heterocycles. The van der Waals surface area contributed by atoms with Gasteiger partial charge in [-0.2, -0.15) is 0 Å². The van der Waals surface area contributed by atoms with Gasteiger partial charge in [-0.3, -0.25) is 4.79 Å². The van der Waals surface area contributed by atoms with Crippen LogP contribution in [0, 0.1) is 0 Å². The molecular formula is C12H15NO. The zero-order valence-electron chi connectivity index (χ0n) is 8.87. The molecule has 14 heavy (non-hydrogen) atoms. The van der Waals surface area contributed by atoms with Crippen molar-refractivity contribution in [1.82, 2.24) is 4.90 Å². The van der Waals surface area contributed by atoms with E-state index >= 15 is 0 Å². The van der Waals surface area contributed by atoms with E-state index in [0.717, 1.165) is 11.3 Å². The molecule has 1 aliphatic heterocycles. The fourth-order valence-electron chi connectivity index (χ4n) is 1.57. The fraction of sp³-hybridized carbons (Fsp3) is 0.250. The molecular weight excluding hydrogens is 174 g/mol. The Balaban J connectivity index is 3.25. The number of carbonyl (C=O) groups excluding carboxylic acids is 1. The number of carbonyl (C=O) groups is 1. The molecule has 0 N–H and O–H groups in total. The molecule has 2 heteroatoms. The van der Waals surface area contributed by atoms with Gasteiger partial charge < -0.3 is 4.90 Å². The van der Waals surface area contributed by atoms with Crippen LogP contribution in [-0.2, 0) is 4.79 Å². The molecule has 0 atom stereocenters. The minimum absolute atomic E-state index is 0.0612. The summed E-state index contributed by atoms with van der Waals surface area (Å²) in [6, 6.07) is 0. The molecule has 0 fully saturated rings. The minimum atomic E-state index is 0.0612. The number of nitrogens with zero attached hydrogens (tertiary/aromatic N) is 1. The Labute approximate surface area is 84.9 Å². The van der Waals surface area contributed by atoms with Crippen LogP contribution in [0.15, 0.2) is 48.0 Å². The summed E-state index contributed by atoms with van der Waals surface area (Å²) in [4.78, 5) is 13.2. The summed E-state index contributed by atoms with van der Waals surface area (Å²) in [6.07, 6.45) is 7.54. The largest absolute Gasteiger partial charge is 0.315 e. The predicted molar refractivity (Wildman–Crippen MR) is 58.3 cm³/mol. The fourth-order valence-corrected chi connectivity index (χ4v) is 1.57. The highest BCUT2D eigenvalue weighted by Gasteiger charge is 2.18. The van der Waals surface area contributed by atoms with Gasteiger partial charge in [-0.15, -0.1) is 0 Å². The van der Waals surface area contributed by atoms with Gasteiger partial charge in [0.2, 0.25) is 0 Å². The van der Waals surface area contributed by atoms with Crippen molar-refractivity contribution in [3.63, 3.8) is 0 Å². The molecule has 2 nitrogen and oxygen atoms in total. The average Bonchev–Trinajstić information content (AvgIpc) is 2.16. The summed E-state index contributed by atoms with van der Waals surface area (Å²) in [5.41, 5.74) is 2.66. The third-order valence-electron chi connectivity index (χ3n) is 2.21. The minimum Gasteiger partial charge on any atom is -0.315 e. The molecule has 0 aliphatic carbocycles. The highest BCUT2D eigenvalue weighted by atomic mass is 16.1. The molecule has 0 amide bonds. The van der Waals surface area contributed by atoms with Crippen molar-refractivity contribution in [2.24, 2.45) is 0 Å². The molecule has 0 radical (unpaired) electrons. The van der Waals surface area contributed by atoms with Gasteiger partial charge in [0, 0.05) is 18.8 Å². The maximum Gasteiger partial charge on any atom is 0.176 e. The van der Waals surface area contributed by atoms with Gasteiger partial charge in [-0.25, -0.2) is 0 Å². The van der Waals surface area contributed by atoms with Crippen molar-refractivity contribution in [1.29, 1.82) is 0 Å². The zero-order chi connectivity index (χ0) is 10.7. The normalized spacial score (nSPS) is 19.1. The second-order valence-electron chi connectivity index (χ2n) is 3.19. The lowest BCUT2D eigenvalue weighted by Gasteiger charge is -2.27. The number of hydrogen-bond acceptors (Lipinski definition) is 2. The average molecular weight is 189 g/mol. The van der Waals surface area contributed by atoms with Gasteiger partial charge in [-0.05, 0) is 25.5 Å². The standard InChI is InChI=1S/C12H15NO/c1-5-11-8-7-9(3)12(10(4)14)13(11)6-2/h5-8H,2H2,1,3-4H3/b11-5-. The lowest BCUT2D eigenvalue weighted by molar-refractivity contribution is -0.114.